The smallest absolute Gasteiger partial charge is 0.468 e. The highest BCUT2D eigenvalue weighted by atomic mass is 32.1. The fourth-order valence-electron chi connectivity index (χ4n) is 2.17. The second-order valence-electron chi connectivity index (χ2n) is 5.34. The number of rotatable bonds is 4. The number of thiocarbonyl (C=S) groups is 1. The number of benzene rings is 1. The van der Waals surface area contributed by atoms with Crippen LogP contribution in [0.2, 0.25) is 0 Å². The number of morpholine rings is 1. The Balaban J connectivity index is 2.16. The molecule has 1 aromatic carbocycles. The van der Waals surface area contributed by atoms with E-state index < -0.39 is 12.3 Å². The summed E-state index contributed by atoms with van der Waals surface area (Å²) in [5.41, 5.74) is 0.434. The van der Waals surface area contributed by atoms with Crippen LogP contribution in [0, 0.1) is 0 Å². The molecular formula is C16H18F3N3O4S. The number of alkyl halides is 3. The van der Waals surface area contributed by atoms with Gasteiger partial charge in [-0.25, -0.2) is 0 Å². The van der Waals surface area contributed by atoms with Gasteiger partial charge in [0.25, 0.3) is 0 Å². The van der Waals surface area contributed by atoms with Crippen LogP contribution in [0.3, 0.4) is 0 Å². The first-order valence-corrected chi connectivity index (χ1v) is 8.30. The first-order chi connectivity index (χ1) is 12.8. The van der Waals surface area contributed by atoms with Crippen molar-refractivity contribution in [2.24, 2.45) is 4.99 Å². The lowest BCUT2D eigenvalue weighted by Gasteiger charge is -2.29. The molecule has 1 aromatic rings. The highest BCUT2D eigenvalue weighted by molar-refractivity contribution is 7.80. The van der Waals surface area contributed by atoms with E-state index in [1.165, 1.54) is 19.2 Å². The van der Waals surface area contributed by atoms with Gasteiger partial charge in [0, 0.05) is 18.7 Å². The predicted octanol–water partition coefficient (Wildman–Crippen LogP) is 1.71. The second kappa shape index (κ2) is 9.51. The van der Waals surface area contributed by atoms with Gasteiger partial charge < -0.3 is 24.4 Å². The van der Waals surface area contributed by atoms with Gasteiger partial charge in [-0.3, -0.25) is 9.79 Å². The van der Waals surface area contributed by atoms with Crippen LogP contribution < -0.4 is 10.1 Å². The lowest BCUT2D eigenvalue weighted by Crippen LogP contribution is -2.48. The number of nitrogens with one attached hydrogen (secondary N) is 1. The topological polar surface area (TPSA) is 72.4 Å². The standard InChI is InChI=1S/C16H18F3N3O4S/c1-24-13(23)10-20-14(21-15(27)22-6-8-25-9-7-22)11-2-4-12(5-3-11)26-16(17,18)19/h2-5H,6-10H2,1H3,(H,20,21,27). The van der Waals surface area contributed by atoms with Crippen molar-refractivity contribution in [3.05, 3.63) is 29.8 Å². The highest BCUT2D eigenvalue weighted by Crippen LogP contribution is 2.22. The van der Waals surface area contributed by atoms with Gasteiger partial charge in [0.1, 0.15) is 18.1 Å². The molecule has 0 spiro atoms. The summed E-state index contributed by atoms with van der Waals surface area (Å²) in [6.45, 7) is 1.97. The van der Waals surface area contributed by atoms with E-state index in [-0.39, 0.29) is 18.1 Å². The number of hydrogen-bond acceptors (Lipinski definition) is 6. The Morgan fingerprint density at radius 1 is 1.30 bits per heavy atom. The fourth-order valence-corrected chi connectivity index (χ4v) is 2.45. The Hall–Kier alpha value is -2.40. The summed E-state index contributed by atoms with van der Waals surface area (Å²) in [5, 5.41) is 3.30. The van der Waals surface area contributed by atoms with Crippen LogP contribution in [0.1, 0.15) is 5.56 Å². The van der Waals surface area contributed by atoms with Crippen molar-refractivity contribution < 1.29 is 32.2 Å². The summed E-state index contributed by atoms with van der Waals surface area (Å²) in [6, 6.07) is 5.06. The van der Waals surface area contributed by atoms with Crippen LogP contribution in [0.15, 0.2) is 29.3 Å². The number of amidine groups is 1. The summed E-state index contributed by atoms with van der Waals surface area (Å²) >= 11 is 5.34. The molecule has 1 heterocycles. The number of halogens is 3. The van der Waals surface area contributed by atoms with Crippen LogP contribution >= 0.6 is 12.2 Å². The molecule has 0 aromatic heterocycles. The number of aliphatic imine (C=N–C) groups is 1. The Bertz CT molecular complexity index is 689. The van der Waals surface area contributed by atoms with Crippen molar-refractivity contribution in [2.75, 3.05) is 40.0 Å². The molecule has 0 bridgehead atoms. The molecule has 1 aliphatic heterocycles. The number of hydrogen-bond donors (Lipinski definition) is 1. The number of methoxy groups -OCH3 is 1. The van der Waals surface area contributed by atoms with Crippen molar-refractivity contribution >= 4 is 29.1 Å². The quantitative estimate of drug-likeness (QED) is 0.354. The van der Waals surface area contributed by atoms with E-state index in [0.717, 1.165) is 12.1 Å². The Morgan fingerprint density at radius 3 is 2.48 bits per heavy atom. The van der Waals surface area contributed by atoms with Gasteiger partial charge >= 0.3 is 12.3 Å². The molecule has 1 aliphatic rings. The number of nitrogens with zero attached hydrogens (tertiary/aromatic N) is 2. The predicted molar refractivity (Wildman–Crippen MR) is 94.7 cm³/mol. The molecule has 1 saturated heterocycles. The molecule has 7 nitrogen and oxygen atoms in total. The van der Waals surface area contributed by atoms with Gasteiger partial charge in [-0.1, -0.05) is 0 Å². The fraction of sp³-hybridized carbons (Fsp3) is 0.438. The van der Waals surface area contributed by atoms with Crippen molar-refractivity contribution in [1.82, 2.24) is 10.2 Å². The molecule has 11 heteroatoms. The van der Waals surface area contributed by atoms with E-state index in [4.69, 9.17) is 17.0 Å². The second-order valence-corrected chi connectivity index (χ2v) is 5.73. The zero-order chi connectivity index (χ0) is 19.9. The molecule has 0 atom stereocenters. The van der Waals surface area contributed by atoms with E-state index >= 15 is 0 Å². The van der Waals surface area contributed by atoms with Crippen molar-refractivity contribution in [1.29, 1.82) is 0 Å². The van der Waals surface area contributed by atoms with E-state index in [1.807, 2.05) is 4.90 Å². The van der Waals surface area contributed by atoms with Crippen molar-refractivity contribution in [3.63, 3.8) is 0 Å². The van der Waals surface area contributed by atoms with E-state index in [2.05, 4.69) is 19.8 Å². The average molecular weight is 405 g/mol. The van der Waals surface area contributed by atoms with Crippen LogP contribution in [0.5, 0.6) is 5.75 Å². The monoisotopic (exact) mass is 405 g/mol. The number of carbonyl (C=O) groups excluding carboxylic acids is 1. The molecule has 0 aliphatic carbocycles. The van der Waals surface area contributed by atoms with Gasteiger partial charge in [-0.05, 0) is 36.5 Å². The van der Waals surface area contributed by atoms with E-state index in [0.29, 0.717) is 37.0 Å². The molecule has 0 unspecified atom stereocenters. The van der Waals surface area contributed by atoms with E-state index in [1.54, 1.807) is 0 Å². The van der Waals surface area contributed by atoms with Gasteiger partial charge in [0.2, 0.25) is 0 Å². The lowest BCUT2D eigenvalue weighted by molar-refractivity contribution is -0.274. The highest BCUT2D eigenvalue weighted by Gasteiger charge is 2.31. The average Bonchev–Trinajstić information content (AvgIpc) is 2.64. The summed E-state index contributed by atoms with van der Waals surface area (Å²) in [4.78, 5) is 17.4. The van der Waals surface area contributed by atoms with Gasteiger partial charge in [-0.2, -0.15) is 0 Å². The SMILES string of the molecule is COC(=O)CN=C(NC(=S)N1CCOCC1)c1ccc(OC(F)(F)F)cc1. The zero-order valence-corrected chi connectivity index (χ0v) is 15.2. The third-order valence-electron chi connectivity index (χ3n) is 3.48. The van der Waals surface area contributed by atoms with Crippen molar-refractivity contribution in [2.45, 2.75) is 6.36 Å². The third kappa shape index (κ3) is 7.02. The zero-order valence-electron chi connectivity index (χ0n) is 14.4. The van der Waals surface area contributed by atoms with Crippen molar-refractivity contribution in [3.8, 4) is 5.75 Å². The minimum Gasteiger partial charge on any atom is -0.468 e. The first-order valence-electron chi connectivity index (χ1n) is 7.89. The molecule has 0 saturated carbocycles. The first kappa shape index (κ1) is 20.9. The van der Waals surface area contributed by atoms with Gasteiger partial charge in [0.05, 0.1) is 20.3 Å². The van der Waals surface area contributed by atoms with Gasteiger partial charge in [0.15, 0.2) is 5.11 Å². The van der Waals surface area contributed by atoms with Crippen LogP contribution in [0.4, 0.5) is 13.2 Å². The maximum absolute atomic E-state index is 12.3. The molecule has 27 heavy (non-hydrogen) atoms. The lowest BCUT2D eigenvalue weighted by atomic mass is 10.2. The molecule has 1 fully saturated rings. The number of carbonyl (C=O) groups is 1. The molecule has 1 N–H and O–H groups in total. The van der Waals surface area contributed by atoms with Gasteiger partial charge in [-0.15, -0.1) is 13.2 Å². The van der Waals surface area contributed by atoms with Crippen LogP contribution in [0.25, 0.3) is 0 Å². The Morgan fingerprint density at radius 2 is 1.93 bits per heavy atom. The third-order valence-corrected chi connectivity index (χ3v) is 3.84. The molecule has 0 amide bonds. The number of esters is 1. The van der Waals surface area contributed by atoms with Crippen LogP contribution in [-0.4, -0.2) is 68.1 Å². The minimum atomic E-state index is -4.78. The minimum absolute atomic E-state index is 0.232. The summed E-state index contributed by atoms with van der Waals surface area (Å²) < 4.78 is 50.5. The van der Waals surface area contributed by atoms with Crippen LogP contribution in [-0.2, 0) is 14.3 Å². The Labute approximate surface area is 159 Å². The Kier molecular flexibility index (Phi) is 7.36. The normalized spacial score (nSPS) is 15.3. The summed E-state index contributed by atoms with van der Waals surface area (Å²) in [6.07, 6.45) is -4.78. The maximum atomic E-state index is 12.3. The summed E-state index contributed by atoms with van der Waals surface area (Å²) in [5.74, 6) is -0.701. The molecule has 2 rings (SSSR count). The largest absolute Gasteiger partial charge is 0.573 e. The van der Waals surface area contributed by atoms with E-state index in [9.17, 15) is 18.0 Å². The maximum Gasteiger partial charge on any atom is 0.573 e. The molecule has 0 radical (unpaired) electrons. The molecule has 148 valence electrons. The number of ether oxygens (including phenoxy) is 3. The summed E-state index contributed by atoms with van der Waals surface area (Å²) in [7, 11) is 1.23. The molecular weight excluding hydrogens is 387 g/mol.